The number of nitrogens with one attached hydrogen (secondary N) is 2. The standard InChI is InChI=1S/C20H22N4O7S2/c25-19-8-7-18(23-24(19)15-9-11-32(27,28)13-15)20(26)22-14-3-5-17(6-4-14)33(29,30)21-12-16-2-1-10-31-16/h1-6,10,15,21H,7-9,11-13H2,(H,22,26)/t15-/m1/s1. The largest absolute Gasteiger partial charge is 0.468 e. The van der Waals surface area contributed by atoms with Gasteiger partial charge in [-0.2, -0.15) is 5.10 Å². The molecule has 1 atom stereocenters. The summed E-state index contributed by atoms with van der Waals surface area (Å²) in [6, 6.07) is 8.32. The zero-order valence-corrected chi connectivity index (χ0v) is 19.1. The molecule has 2 aromatic rings. The lowest BCUT2D eigenvalue weighted by Gasteiger charge is -2.27. The molecule has 1 saturated heterocycles. The average Bonchev–Trinajstić information content (AvgIpc) is 3.42. The zero-order chi connectivity index (χ0) is 23.6. The quantitative estimate of drug-likeness (QED) is 0.578. The number of furan rings is 1. The van der Waals surface area contributed by atoms with Gasteiger partial charge in [0.1, 0.15) is 11.5 Å². The summed E-state index contributed by atoms with van der Waals surface area (Å²) in [6.45, 7) is 0.00512. The van der Waals surface area contributed by atoms with E-state index in [1.807, 2.05) is 0 Å². The lowest BCUT2D eigenvalue weighted by molar-refractivity contribution is -0.133. The Bertz CT molecular complexity index is 1280. The number of nitrogens with zero attached hydrogens (tertiary/aromatic N) is 2. The van der Waals surface area contributed by atoms with Gasteiger partial charge in [-0.15, -0.1) is 0 Å². The Morgan fingerprint density at radius 3 is 2.58 bits per heavy atom. The highest BCUT2D eigenvalue weighted by molar-refractivity contribution is 7.91. The minimum absolute atomic E-state index is 0.00512. The van der Waals surface area contributed by atoms with Gasteiger partial charge in [0.25, 0.3) is 5.91 Å². The number of sulfone groups is 1. The molecular formula is C20H22N4O7S2. The fourth-order valence-corrected chi connectivity index (χ4v) is 6.26. The van der Waals surface area contributed by atoms with Gasteiger partial charge in [-0.05, 0) is 42.8 Å². The maximum atomic E-state index is 12.6. The van der Waals surface area contributed by atoms with E-state index in [0.717, 1.165) is 5.01 Å². The Kier molecular flexibility index (Phi) is 6.36. The van der Waals surface area contributed by atoms with E-state index in [1.165, 1.54) is 30.5 Å². The van der Waals surface area contributed by atoms with Crippen LogP contribution in [0.15, 0.2) is 57.1 Å². The van der Waals surface area contributed by atoms with Crippen LogP contribution in [-0.4, -0.2) is 56.9 Å². The molecule has 33 heavy (non-hydrogen) atoms. The summed E-state index contributed by atoms with van der Waals surface area (Å²) in [6.07, 6.45) is 1.92. The van der Waals surface area contributed by atoms with Crippen LogP contribution < -0.4 is 10.0 Å². The lowest BCUT2D eigenvalue weighted by Crippen LogP contribution is -2.42. The molecule has 4 rings (SSSR count). The van der Waals surface area contributed by atoms with Crippen LogP contribution in [-0.2, 0) is 36.0 Å². The Morgan fingerprint density at radius 1 is 1.18 bits per heavy atom. The molecule has 11 nitrogen and oxygen atoms in total. The first-order valence-corrected chi connectivity index (χ1v) is 13.5. The van der Waals surface area contributed by atoms with Crippen molar-refractivity contribution in [3.05, 3.63) is 48.4 Å². The summed E-state index contributed by atoms with van der Waals surface area (Å²) in [5.74, 6) is -0.561. The zero-order valence-electron chi connectivity index (χ0n) is 17.4. The van der Waals surface area contributed by atoms with Crippen LogP contribution in [0.25, 0.3) is 0 Å². The van der Waals surface area contributed by atoms with Crippen molar-refractivity contribution in [2.45, 2.75) is 36.7 Å². The molecule has 0 spiro atoms. The summed E-state index contributed by atoms with van der Waals surface area (Å²) < 4.78 is 55.8. The summed E-state index contributed by atoms with van der Waals surface area (Å²) in [5.41, 5.74) is 0.454. The SMILES string of the molecule is O=C(Nc1ccc(S(=O)(=O)NCc2ccco2)cc1)C1=NN([C@@H]2CCS(=O)(=O)C2)C(=O)CC1. The van der Waals surface area contributed by atoms with Gasteiger partial charge in [0, 0.05) is 18.5 Å². The van der Waals surface area contributed by atoms with Crippen LogP contribution >= 0.6 is 0 Å². The highest BCUT2D eigenvalue weighted by Crippen LogP contribution is 2.23. The number of hydrazone groups is 1. The molecule has 1 aromatic heterocycles. The molecule has 0 radical (unpaired) electrons. The number of hydrogen-bond donors (Lipinski definition) is 2. The molecule has 2 aliphatic heterocycles. The monoisotopic (exact) mass is 494 g/mol. The lowest BCUT2D eigenvalue weighted by atomic mass is 10.1. The first-order valence-electron chi connectivity index (χ1n) is 10.2. The van der Waals surface area contributed by atoms with Crippen molar-refractivity contribution in [3.8, 4) is 0 Å². The number of amides is 2. The van der Waals surface area contributed by atoms with Gasteiger partial charge in [-0.25, -0.2) is 26.6 Å². The predicted molar refractivity (Wildman–Crippen MR) is 118 cm³/mol. The van der Waals surface area contributed by atoms with Crippen molar-refractivity contribution in [1.82, 2.24) is 9.73 Å². The fourth-order valence-electron chi connectivity index (χ4n) is 3.57. The van der Waals surface area contributed by atoms with Crippen LogP contribution in [0.5, 0.6) is 0 Å². The van der Waals surface area contributed by atoms with Crippen molar-refractivity contribution >= 4 is 43.1 Å². The van der Waals surface area contributed by atoms with E-state index in [1.54, 1.807) is 12.1 Å². The van der Waals surface area contributed by atoms with E-state index in [2.05, 4.69) is 15.1 Å². The molecule has 2 amide bonds. The van der Waals surface area contributed by atoms with Gasteiger partial charge in [-0.3, -0.25) is 9.59 Å². The highest BCUT2D eigenvalue weighted by atomic mass is 32.2. The normalized spacial score (nSPS) is 20.5. The molecule has 2 N–H and O–H groups in total. The topological polar surface area (TPSA) is 155 Å². The van der Waals surface area contributed by atoms with Gasteiger partial charge >= 0.3 is 0 Å². The predicted octanol–water partition coefficient (Wildman–Crippen LogP) is 0.862. The van der Waals surface area contributed by atoms with Crippen molar-refractivity contribution in [2.24, 2.45) is 5.10 Å². The smallest absolute Gasteiger partial charge is 0.271 e. The number of benzene rings is 1. The number of anilines is 1. The second-order valence-electron chi connectivity index (χ2n) is 7.72. The molecule has 2 aliphatic rings. The second-order valence-corrected chi connectivity index (χ2v) is 11.7. The average molecular weight is 495 g/mol. The van der Waals surface area contributed by atoms with E-state index >= 15 is 0 Å². The minimum Gasteiger partial charge on any atom is -0.468 e. The van der Waals surface area contributed by atoms with E-state index in [-0.39, 0.29) is 53.8 Å². The third-order valence-electron chi connectivity index (χ3n) is 5.32. The van der Waals surface area contributed by atoms with Crippen LogP contribution in [0.3, 0.4) is 0 Å². The van der Waals surface area contributed by atoms with Gasteiger partial charge in [0.2, 0.25) is 15.9 Å². The molecule has 0 bridgehead atoms. The van der Waals surface area contributed by atoms with Gasteiger partial charge in [0.15, 0.2) is 9.84 Å². The maximum Gasteiger partial charge on any atom is 0.271 e. The van der Waals surface area contributed by atoms with Crippen LogP contribution in [0, 0.1) is 0 Å². The molecule has 0 aliphatic carbocycles. The van der Waals surface area contributed by atoms with Crippen LogP contribution in [0.4, 0.5) is 5.69 Å². The Labute approximate surface area is 190 Å². The first-order chi connectivity index (χ1) is 15.6. The third kappa shape index (κ3) is 5.49. The molecular weight excluding hydrogens is 472 g/mol. The molecule has 0 saturated carbocycles. The number of rotatable bonds is 7. The fraction of sp³-hybridized carbons (Fsp3) is 0.350. The van der Waals surface area contributed by atoms with E-state index in [4.69, 9.17) is 4.42 Å². The van der Waals surface area contributed by atoms with Gasteiger partial charge in [-0.1, -0.05) is 0 Å². The Balaban J connectivity index is 1.41. The van der Waals surface area contributed by atoms with Crippen molar-refractivity contribution in [1.29, 1.82) is 0 Å². The van der Waals surface area contributed by atoms with Crippen molar-refractivity contribution in [3.63, 3.8) is 0 Å². The summed E-state index contributed by atoms with van der Waals surface area (Å²) >= 11 is 0. The molecule has 1 fully saturated rings. The Hall–Kier alpha value is -3.03. The van der Waals surface area contributed by atoms with Crippen molar-refractivity contribution in [2.75, 3.05) is 16.8 Å². The molecule has 1 aromatic carbocycles. The van der Waals surface area contributed by atoms with E-state index < -0.39 is 31.8 Å². The highest BCUT2D eigenvalue weighted by Gasteiger charge is 2.37. The van der Waals surface area contributed by atoms with Crippen LogP contribution in [0.2, 0.25) is 0 Å². The molecule has 0 unspecified atom stereocenters. The van der Waals surface area contributed by atoms with Gasteiger partial charge < -0.3 is 9.73 Å². The number of carbonyl (C=O) groups excluding carboxylic acids is 2. The molecule has 13 heteroatoms. The third-order valence-corrected chi connectivity index (χ3v) is 8.48. The number of hydrogen-bond acceptors (Lipinski definition) is 8. The summed E-state index contributed by atoms with van der Waals surface area (Å²) in [7, 11) is -6.99. The minimum atomic E-state index is -3.77. The molecule has 3 heterocycles. The number of carbonyl (C=O) groups is 2. The van der Waals surface area contributed by atoms with E-state index in [0.29, 0.717) is 11.4 Å². The summed E-state index contributed by atoms with van der Waals surface area (Å²) in [5, 5.41) is 7.87. The van der Waals surface area contributed by atoms with Gasteiger partial charge in [0.05, 0.1) is 35.3 Å². The van der Waals surface area contributed by atoms with Crippen LogP contribution in [0.1, 0.15) is 25.0 Å². The Morgan fingerprint density at radius 2 is 1.94 bits per heavy atom. The molecule has 176 valence electrons. The van der Waals surface area contributed by atoms with E-state index in [9.17, 15) is 26.4 Å². The number of sulfonamides is 1. The first kappa shape index (κ1) is 23.1. The second kappa shape index (κ2) is 9.08. The summed E-state index contributed by atoms with van der Waals surface area (Å²) in [4.78, 5) is 24.9. The maximum absolute atomic E-state index is 12.6. The van der Waals surface area contributed by atoms with Crippen molar-refractivity contribution < 1.29 is 30.8 Å².